The Morgan fingerprint density at radius 3 is 2.26 bits per heavy atom. The van der Waals surface area contributed by atoms with Crippen molar-refractivity contribution in [2.75, 3.05) is 0 Å². The number of hydrogen-bond donors (Lipinski definition) is 0. The third-order valence-electron chi connectivity index (χ3n) is 3.52. The standard InChI is InChI=1S/C17H11N5O.2C2H6/c23-16(14-3-1-2-7-19-14)13-11-21-22-15(6-10-20-17(13)22)12-4-8-18-9-5-12;2*1-2/h1-11H;2*1-2H3. The molecule has 0 aromatic carbocycles. The number of aromatic nitrogens is 5. The second kappa shape index (κ2) is 9.91. The zero-order valence-corrected chi connectivity index (χ0v) is 16.0. The number of ketones is 1. The lowest BCUT2D eigenvalue weighted by Crippen LogP contribution is -2.04. The summed E-state index contributed by atoms with van der Waals surface area (Å²) in [6.07, 6.45) is 8.22. The van der Waals surface area contributed by atoms with Crippen LogP contribution in [0.1, 0.15) is 43.7 Å². The van der Waals surface area contributed by atoms with Gasteiger partial charge in [0.2, 0.25) is 5.78 Å². The van der Waals surface area contributed by atoms with E-state index < -0.39 is 0 Å². The van der Waals surface area contributed by atoms with Crippen LogP contribution in [0.4, 0.5) is 0 Å². The van der Waals surface area contributed by atoms with Crippen LogP contribution in [-0.4, -0.2) is 30.3 Å². The first kappa shape index (κ1) is 19.9. The van der Waals surface area contributed by atoms with Crippen molar-refractivity contribution >= 4 is 11.4 Å². The van der Waals surface area contributed by atoms with E-state index >= 15 is 0 Å². The Bertz CT molecular complexity index is 981. The second-order valence-corrected chi connectivity index (χ2v) is 4.90. The van der Waals surface area contributed by atoms with Crippen LogP contribution in [-0.2, 0) is 0 Å². The van der Waals surface area contributed by atoms with Crippen molar-refractivity contribution in [1.29, 1.82) is 0 Å². The molecule has 0 aliphatic rings. The van der Waals surface area contributed by atoms with Gasteiger partial charge in [0.25, 0.3) is 0 Å². The molecule has 0 spiro atoms. The molecule has 27 heavy (non-hydrogen) atoms. The number of pyridine rings is 2. The first-order valence-corrected chi connectivity index (χ1v) is 9.03. The van der Waals surface area contributed by atoms with E-state index in [0.717, 1.165) is 11.3 Å². The third-order valence-corrected chi connectivity index (χ3v) is 3.52. The SMILES string of the molecule is CC.CC.O=C(c1ccccn1)c1cnn2c(-c3ccncc3)ccnc12. The van der Waals surface area contributed by atoms with Crippen LogP contribution < -0.4 is 0 Å². The summed E-state index contributed by atoms with van der Waals surface area (Å²) in [5.41, 5.74) is 3.11. The summed E-state index contributed by atoms with van der Waals surface area (Å²) in [5, 5.41) is 4.33. The van der Waals surface area contributed by atoms with Crippen LogP contribution in [0.25, 0.3) is 16.9 Å². The Balaban J connectivity index is 0.000000614. The maximum Gasteiger partial charge on any atom is 0.216 e. The number of fused-ring (bicyclic) bond motifs is 1. The number of rotatable bonds is 3. The van der Waals surface area contributed by atoms with Crippen LogP contribution in [0, 0.1) is 0 Å². The summed E-state index contributed by atoms with van der Waals surface area (Å²) < 4.78 is 1.66. The lowest BCUT2D eigenvalue weighted by atomic mass is 10.1. The number of nitrogens with zero attached hydrogens (tertiary/aromatic N) is 5. The molecule has 4 aromatic rings. The Morgan fingerprint density at radius 1 is 0.852 bits per heavy atom. The summed E-state index contributed by atoms with van der Waals surface area (Å²) in [7, 11) is 0. The van der Waals surface area contributed by atoms with Crippen molar-refractivity contribution in [2.45, 2.75) is 27.7 Å². The molecule has 0 saturated heterocycles. The zero-order valence-electron chi connectivity index (χ0n) is 16.0. The fourth-order valence-corrected chi connectivity index (χ4v) is 2.43. The summed E-state index contributed by atoms with van der Waals surface area (Å²) in [4.78, 5) is 25.0. The average Bonchev–Trinajstić information content (AvgIpc) is 3.21. The Kier molecular flexibility index (Phi) is 7.31. The number of carbonyl (C=O) groups is 1. The largest absolute Gasteiger partial charge is 0.287 e. The van der Waals surface area contributed by atoms with Gasteiger partial charge in [-0.2, -0.15) is 5.10 Å². The molecule has 0 saturated carbocycles. The molecule has 0 radical (unpaired) electrons. The Labute approximate surface area is 159 Å². The Hall–Kier alpha value is -3.41. The predicted molar refractivity (Wildman–Crippen MR) is 107 cm³/mol. The minimum absolute atomic E-state index is 0.194. The lowest BCUT2D eigenvalue weighted by molar-refractivity contribution is 0.103. The summed E-state index contributed by atoms with van der Waals surface area (Å²) in [6, 6.07) is 10.9. The molecule has 4 aromatic heterocycles. The van der Waals surface area contributed by atoms with Gasteiger partial charge < -0.3 is 0 Å². The molecule has 0 fully saturated rings. The van der Waals surface area contributed by atoms with Gasteiger partial charge in [-0.3, -0.25) is 14.8 Å². The molecular weight excluding hydrogens is 338 g/mol. The van der Waals surface area contributed by atoms with Gasteiger partial charge in [0.15, 0.2) is 5.65 Å². The molecular formula is C21H23N5O. The van der Waals surface area contributed by atoms with Crippen molar-refractivity contribution in [2.24, 2.45) is 0 Å². The highest BCUT2D eigenvalue weighted by Gasteiger charge is 2.18. The minimum Gasteiger partial charge on any atom is -0.287 e. The average molecular weight is 361 g/mol. The highest BCUT2D eigenvalue weighted by atomic mass is 16.1. The molecule has 6 nitrogen and oxygen atoms in total. The van der Waals surface area contributed by atoms with Crippen LogP contribution in [0.3, 0.4) is 0 Å². The van der Waals surface area contributed by atoms with E-state index in [2.05, 4.69) is 20.1 Å². The molecule has 4 rings (SSSR count). The summed E-state index contributed by atoms with van der Waals surface area (Å²) in [5.74, 6) is -0.194. The fraction of sp³-hybridized carbons (Fsp3) is 0.190. The van der Waals surface area contributed by atoms with E-state index in [0.29, 0.717) is 16.9 Å². The van der Waals surface area contributed by atoms with Crippen LogP contribution in [0.5, 0.6) is 0 Å². The highest BCUT2D eigenvalue weighted by molar-refractivity contribution is 6.11. The lowest BCUT2D eigenvalue weighted by Gasteiger charge is -2.04. The van der Waals surface area contributed by atoms with Crippen molar-refractivity contribution in [3.8, 4) is 11.3 Å². The molecule has 0 aliphatic carbocycles. The van der Waals surface area contributed by atoms with Gasteiger partial charge in [0, 0.05) is 30.4 Å². The Morgan fingerprint density at radius 2 is 1.59 bits per heavy atom. The molecule has 138 valence electrons. The highest BCUT2D eigenvalue weighted by Crippen LogP contribution is 2.21. The van der Waals surface area contributed by atoms with Gasteiger partial charge >= 0.3 is 0 Å². The third kappa shape index (κ3) is 4.23. The van der Waals surface area contributed by atoms with Crippen LogP contribution in [0.15, 0.2) is 67.4 Å². The summed E-state index contributed by atoms with van der Waals surface area (Å²) >= 11 is 0. The zero-order chi connectivity index (χ0) is 19.6. The smallest absolute Gasteiger partial charge is 0.216 e. The van der Waals surface area contributed by atoms with Crippen molar-refractivity contribution in [3.63, 3.8) is 0 Å². The minimum atomic E-state index is -0.194. The van der Waals surface area contributed by atoms with Crippen molar-refractivity contribution < 1.29 is 4.79 Å². The predicted octanol–water partition coefficient (Wildman–Crippen LogP) is 4.47. The maximum absolute atomic E-state index is 12.6. The van der Waals surface area contributed by atoms with Crippen LogP contribution in [0.2, 0.25) is 0 Å². The summed E-state index contributed by atoms with van der Waals surface area (Å²) in [6.45, 7) is 8.00. The molecule has 0 N–H and O–H groups in total. The van der Waals surface area contributed by atoms with E-state index in [1.165, 1.54) is 6.20 Å². The van der Waals surface area contributed by atoms with E-state index in [1.54, 1.807) is 47.5 Å². The monoisotopic (exact) mass is 361 g/mol. The van der Waals surface area contributed by atoms with Gasteiger partial charge in [0.1, 0.15) is 5.69 Å². The topological polar surface area (TPSA) is 73.0 Å². The normalized spacial score (nSPS) is 9.63. The first-order valence-electron chi connectivity index (χ1n) is 9.03. The van der Waals surface area contributed by atoms with Crippen LogP contribution >= 0.6 is 0 Å². The number of carbonyl (C=O) groups excluding carboxylic acids is 1. The van der Waals surface area contributed by atoms with E-state index in [4.69, 9.17) is 0 Å². The molecule has 0 aliphatic heterocycles. The quantitative estimate of drug-likeness (QED) is 0.503. The molecule has 0 atom stereocenters. The molecule has 0 amide bonds. The fourth-order valence-electron chi connectivity index (χ4n) is 2.43. The van der Waals surface area contributed by atoms with Gasteiger partial charge in [-0.05, 0) is 30.3 Å². The number of hydrogen-bond acceptors (Lipinski definition) is 5. The maximum atomic E-state index is 12.6. The van der Waals surface area contributed by atoms with E-state index in [9.17, 15) is 4.79 Å². The van der Waals surface area contributed by atoms with E-state index in [1.807, 2.05) is 45.9 Å². The van der Waals surface area contributed by atoms with Gasteiger partial charge in [-0.15, -0.1) is 0 Å². The first-order chi connectivity index (χ1) is 13.3. The van der Waals surface area contributed by atoms with Gasteiger partial charge in [-0.1, -0.05) is 33.8 Å². The van der Waals surface area contributed by atoms with Gasteiger partial charge in [0.05, 0.1) is 17.5 Å². The van der Waals surface area contributed by atoms with Gasteiger partial charge in [-0.25, -0.2) is 9.50 Å². The molecule has 4 heterocycles. The van der Waals surface area contributed by atoms with Crippen molar-refractivity contribution in [3.05, 3.63) is 78.6 Å². The molecule has 0 bridgehead atoms. The second-order valence-electron chi connectivity index (χ2n) is 4.90. The molecule has 6 heteroatoms. The van der Waals surface area contributed by atoms with E-state index in [-0.39, 0.29) is 5.78 Å². The molecule has 0 unspecified atom stereocenters. The van der Waals surface area contributed by atoms with Crippen molar-refractivity contribution in [1.82, 2.24) is 24.6 Å².